The van der Waals surface area contributed by atoms with Gasteiger partial charge in [0.1, 0.15) is 0 Å². The van der Waals surface area contributed by atoms with E-state index in [-0.39, 0.29) is 23.9 Å². The van der Waals surface area contributed by atoms with Crippen molar-refractivity contribution in [3.8, 4) is 0 Å². The first-order chi connectivity index (χ1) is 10.0. The molecule has 0 saturated heterocycles. The minimum absolute atomic E-state index is 0.192. The predicted molar refractivity (Wildman–Crippen MR) is 76.8 cm³/mol. The van der Waals surface area contributed by atoms with Gasteiger partial charge in [0.05, 0.1) is 5.69 Å². The van der Waals surface area contributed by atoms with E-state index < -0.39 is 0 Å². The number of aryl methyl sites for hydroxylation is 3. The summed E-state index contributed by atoms with van der Waals surface area (Å²) in [4.78, 5) is 23.6. The molecule has 2 aromatic heterocycles. The Bertz CT molecular complexity index is 657. The summed E-state index contributed by atoms with van der Waals surface area (Å²) < 4.78 is 3.24. The van der Waals surface area contributed by atoms with Gasteiger partial charge in [-0.05, 0) is 13.0 Å². The molecule has 0 spiro atoms. The zero-order valence-corrected chi connectivity index (χ0v) is 12.3. The monoisotopic (exact) mass is 290 g/mol. The van der Waals surface area contributed by atoms with Gasteiger partial charge >= 0.3 is 0 Å². The van der Waals surface area contributed by atoms with Gasteiger partial charge in [-0.15, -0.1) is 0 Å². The summed E-state index contributed by atoms with van der Waals surface area (Å²) in [6.45, 7) is 2.41. The highest BCUT2D eigenvalue weighted by Crippen LogP contribution is 2.13. The third-order valence-corrected chi connectivity index (χ3v) is 3.02. The molecule has 21 heavy (non-hydrogen) atoms. The number of nitrogens with zero attached hydrogens (tertiary/aromatic N) is 4. The van der Waals surface area contributed by atoms with Crippen LogP contribution < -0.4 is 10.6 Å². The van der Waals surface area contributed by atoms with Crippen LogP contribution >= 0.6 is 0 Å². The Morgan fingerprint density at radius 3 is 2.76 bits per heavy atom. The summed E-state index contributed by atoms with van der Waals surface area (Å²) in [5.74, 6) is -0.531. The fraction of sp³-hybridized carbons (Fsp3) is 0.385. The molecule has 0 saturated carbocycles. The van der Waals surface area contributed by atoms with Gasteiger partial charge in [0.15, 0.2) is 5.69 Å². The van der Waals surface area contributed by atoms with E-state index in [0.29, 0.717) is 12.2 Å². The third-order valence-electron chi connectivity index (χ3n) is 3.02. The minimum atomic E-state index is -0.339. The van der Waals surface area contributed by atoms with Gasteiger partial charge in [0, 0.05) is 45.1 Å². The normalized spacial score (nSPS) is 10.4. The smallest absolute Gasteiger partial charge is 0.273 e. The van der Waals surface area contributed by atoms with Crippen molar-refractivity contribution in [2.24, 2.45) is 7.05 Å². The van der Waals surface area contributed by atoms with Crippen molar-refractivity contribution in [3.63, 3.8) is 0 Å². The van der Waals surface area contributed by atoms with Gasteiger partial charge in [-0.3, -0.25) is 19.0 Å². The summed E-state index contributed by atoms with van der Waals surface area (Å²) in [6, 6.07) is 1.88. The Labute approximate surface area is 122 Å². The van der Waals surface area contributed by atoms with Crippen molar-refractivity contribution >= 4 is 17.5 Å². The quantitative estimate of drug-likeness (QED) is 0.829. The van der Waals surface area contributed by atoms with Crippen molar-refractivity contribution in [3.05, 3.63) is 29.8 Å². The average molecular weight is 290 g/mol. The summed E-state index contributed by atoms with van der Waals surface area (Å²) >= 11 is 0. The number of aromatic nitrogens is 4. The molecule has 2 aromatic rings. The van der Waals surface area contributed by atoms with Crippen LogP contribution in [0.25, 0.3) is 0 Å². The highest BCUT2D eigenvalue weighted by Gasteiger charge is 2.16. The zero-order chi connectivity index (χ0) is 15.4. The van der Waals surface area contributed by atoms with Crippen LogP contribution in [0.3, 0.4) is 0 Å². The largest absolute Gasteiger partial charge is 0.354 e. The van der Waals surface area contributed by atoms with Crippen LogP contribution in [0, 0.1) is 6.92 Å². The number of amides is 2. The van der Waals surface area contributed by atoms with E-state index in [1.54, 1.807) is 24.1 Å². The van der Waals surface area contributed by atoms with Gasteiger partial charge in [-0.1, -0.05) is 0 Å². The Kier molecular flexibility index (Phi) is 4.36. The number of carbonyl (C=O) groups is 2. The van der Waals surface area contributed by atoms with Crippen LogP contribution in [-0.2, 0) is 18.4 Å². The molecule has 8 nitrogen and oxygen atoms in total. The van der Waals surface area contributed by atoms with Crippen LogP contribution in [0.1, 0.15) is 22.6 Å². The first kappa shape index (κ1) is 14.8. The van der Waals surface area contributed by atoms with Gasteiger partial charge in [-0.25, -0.2) is 0 Å². The van der Waals surface area contributed by atoms with E-state index in [9.17, 15) is 9.59 Å². The predicted octanol–water partition coefficient (Wildman–Crippen LogP) is 0.313. The summed E-state index contributed by atoms with van der Waals surface area (Å²) in [5, 5.41) is 13.3. The number of nitrogens with one attached hydrogen (secondary N) is 2. The molecule has 2 N–H and O–H groups in total. The number of rotatable bonds is 5. The number of hydrogen-bond donors (Lipinski definition) is 2. The molecule has 0 aliphatic heterocycles. The van der Waals surface area contributed by atoms with Gasteiger partial charge in [-0.2, -0.15) is 10.2 Å². The maximum absolute atomic E-state index is 12.0. The standard InChI is InChI=1S/C13H18N6O2/c1-9-4-6-15-19(9)7-5-11(20)16-10-8-18(3)17-12(10)13(21)14-2/h4,6,8H,5,7H2,1-3H3,(H,14,21)(H,16,20). The molecule has 0 aromatic carbocycles. The Morgan fingerprint density at radius 2 is 2.14 bits per heavy atom. The van der Waals surface area contributed by atoms with Crippen molar-refractivity contribution in [2.45, 2.75) is 19.9 Å². The first-order valence-electron chi connectivity index (χ1n) is 6.55. The Balaban J connectivity index is 2.00. The fourth-order valence-electron chi connectivity index (χ4n) is 1.92. The molecule has 0 fully saturated rings. The molecule has 0 aliphatic rings. The fourth-order valence-corrected chi connectivity index (χ4v) is 1.92. The lowest BCUT2D eigenvalue weighted by atomic mass is 10.3. The molecule has 2 amide bonds. The van der Waals surface area contributed by atoms with Gasteiger partial charge in [0.2, 0.25) is 5.91 Å². The molecule has 112 valence electrons. The van der Waals surface area contributed by atoms with Crippen molar-refractivity contribution in [1.29, 1.82) is 0 Å². The lowest BCUT2D eigenvalue weighted by Crippen LogP contribution is -2.22. The second-order valence-electron chi connectivity index (χ2n) is 4.64. The molecular formula is C13H18N6O2. The maximum Gasteiger partial charge on any atom is 0.273 e. The summed E-state index contributed by atoms with van der Waals surface area (Å²) in [5.41, 5.74) is 1.60. The van der Waals surface area contributed by atoms with E-state index in [2.05, 4.69) is 20.8 Å². The average Bonchev–Trinajstić information content (AvgIpc) is 3.01. The second kappa shape index (κ2) is 6.21. The maximum atomic E-state index is 12.0. The number of anilines is 1. The zero-order valence-electron chi connectivity index (χ0n) is 12.3. The van der Waals surface area contributed by atoms with Crippen molar-refractivity contribution in [1.82, 2.24) is 24.9 Å². The molecule has 0 atom stereocenters. The van der Waals surface area contributed by atoms with Crippen molar-refractivity contribution in [2.75, 3.05) is 12.4 Å². The Morgan fingerprint density at radius 1 is 1.38 bits per heavy atom. The van der Waals surface area contributed by atoms with E-state index >= 15 is 0 Å². The lowest BCUT2D eigenvalue weighted by Gasteiger charge is -2.06. The highest BCUT2D eigenvalue weighted by molar-refractivity contribution is 6.02. The van der Waals surface area contributed by atoms with E-state index in [1.165, 1.54) is 11.7 Å². The third kappa shape index (κ3) is 3.47. The number of carbonyl (C=O) groups excluding carboxylic acids is 2. The van der Waals surface area contributed by atoms with Crippen LogP contribution in [-0.4, -0.2) is 38.4 Å². The summed E-state index contributed by atoms with van der Waals surface area (Å²) in [7, 11) is 3.21. The van der Waals surface area contributed by atoms with E-state index in [0.717, 1.165) is 5.69 Å². The molecule has 0 unspecified atom stereocenters. The molecule has 2 heterocycles. The van der Waals surface area contributed by atoms with Crippen LogP contribution in [0.5, 0.6) is 0 Å². The van der Waals surface area contributed by atoms with Crippen LogP contribution in [0.4, 0.5) is 5.69 Å². The van der Waals surface area contributed by atoms with Crippen LogP contribution in [0.2, 0.25) is 0 Å². The molecule has 8 heteroatoms. The molecule has 0 bridgehead atoms. The minimum Gasteiger partial charge on any atom is -0.354 e. The molecule has 0 aliphatic carbocycles. The van der Waals surface area contributed by atoms with E-state index in [4.69, 9.17) is 0 Å². The first-order valence-corrected chi connectivity index (χ1v) is 6.55. The van der Waals surface area contributed by atoms with Crippen LogP contribution in [0.15, 0.2) is 18.5 Å². The Hall–Kier alpha value is -2.64. The van der Waals surface area contributed by atoms with Gasteiger partial charge in [0.25, 0.3) is 5.91 Å². The van der Waals surface area contributed by atoms with Crippen molar-refractivity contribution < 1.29 is 9.59 Å². The lowest BCUT2D eigenvalue weighted by molar-refractivity contribution is -0.116. The molecular weight excluding hydrogens is 272 g/mol. The van der Waals surface area contributed by atoms with E-state index in [1.807, 2.05) is 13.0 Å². The molecule has 0 radical (unpaired) electrons. The number of hydrogen-bond acceptors (Lipinski definition) is 4. The topological polar surface area (TPSA) is 93.8 Å². The van der Waals surface area contributed by atoms with Gasteiger partial charge < -0.3 is 10.6 Å². The summed E-state index contributed by atoms with van der Waals surface area (Å²) in [6.07, 6.45) is 3.56. The second-order valence-corrected chi connectivity index (χ2v) is 4.64. The SMILES string of the molecule is CNC(=O)c1nn(C)cc1NC(=O)CCn1nccc1C. The highest BCUT2D eigenvalue weighted by atomic mass is 16.2. The molecule has 2 rings (SSSR count).